The molecule has 174 valence electrons. The van der Waals surface area contributed by atoms with E-state index in [0.29, 0.717) is 21.9 Å². The molecule has 0 amide bonds. The summed E-state index contributed by atoms with van der Waals surface area (Å²) in [6.45, 7) is 1.78. The van der Waals surface area contributed by atoms with Crippen molar-refractivity contribution in [2.75, 3.05) is 19.5 Å². The van der Waals surface area contributed by atoms with E-state index in [2.05, 4.69) is 0 Å². The average Bonchev–Trinajstić information content (AvgIpc) is 2.88. The lowest BCUT2D eigenvalue weighted by Crippen LogP contribution is -2.24. The third-order valence-corrected chi connectivity index (χ3v) is 6.06. The van der Waals surface area contributed by atoms with Gasteiger partial charge in [-0.25, -0.2) is 9.59 Å². The van der Waals surface area contributed by atoms with Crippen LogP contribution in [0.5, 0.6) is 0 Å². The maximum Gasteiger partial charge on any atom is 0.340 e. The van der Waals surface area contributed by atoms with Crippen molar-refractivity contribution in [2.45, 2.75) is 6.92 Å². The monoisotopic (exact) mass is 468 g/mol. The fourth-order valence-electron chi connectivity index (χ4n) is 4.57. The van der Waals surface area contributed by atoms with Gasteiger partial charge in [-0.1, -0.05) is 30.3 Å². The van der Waals surface area contributed by atoms with Crippen molar-refractivity contribution < 1.29 is 23.9 Å². The van der Waals surface area contributed by atoms with Gasteiger partial charge >= 0.3 is 11.9 Å². The molecule has 0 aliphatic heterocycles. The highest BCUT2D eigenvalue weighted by Crippen LogP contribution is 2.39. The van der Waals surface area contributed by atoms with E-state index >= 15 is 0 Å². The second-order valence-corrected chi connectivity index (χ2v) is 7.96. The highest BCUT2D eigenvalue weighted by atomic mass is 16.5. The normalized spacial score (nSPS) is 11.3. The number of ketones is 1. The minimum Gasteiger partial charge on any atom is -0.465 e. The van der Waals surface area contributed by atoms with Gasteiger partial charge in [0.15, 0.2) is 5.78 Å². The number of carbonyl (C=O) groups excluding carboxylic acids is 3. The Hall–Kier alpha value is -4.72. The summed E-state index contributed by atoms with van der Waals surface area (Å²) in [5.74, 6) is -1.88. The Bertz CT molecular complexity index is 1720. The first kappa shape index (κ1) is 22.1. The summed E-state index contributed by atoms with van der Waals surface area (Å²) in [6.07, 6.45) is 1.54. The Morgan fingerprint density at radius 1 is 0.886 bits per heavy atom. The number of aromatic nitrogens is 1. The standard InChI is InChI=1S/C27H20N2O6/c1-3-35-27(33)20-17-12-15(26(32)34-2)13-18-19(17)23-16(22(20)28)10-7-11-29(23)25(31)21(18)24(30)14-8-5-4-6-9-14/h4-13H,3,28H2,1-2H3. The van der Waals surface area contributed by atoms with Crippen LogP contribution in [0.4, 0.5) is 5.69 Å². The molecule has 2 aromatic heterocycles. The van der Waals surface area contributed by atoms with Crippen LogP contribution < -0.4 is 11.3 Å². The first-order chi connectivity index (χ1) is 16.9. The molecule has 8 heteroatoms. The summed E-state index contributed by atoms with van der Waals surface area (Å²) < 4.78 is 11.5. The number of anilines is 1. The van der Waals surface area contributed by atoms with Crippen LogP contribution in [0.15, 0.2) is 65.6 Å². The zero-order valence-electron chi connectivity index (χ0n) is 19.0. The van der Waals surface area contributed by atoms with E-state index in [0.717, 1.165) is 0 Å². The average molecular weight is 468 g/mol. The Morgan fingerprint density at radius 3 is 2.23 bits per heavy atom. The highest BCUT2D eigenvalue weighted by molar-refractivity contribution is 6.30. The highest BCUT2D eigenvalue weighted by Gasteiger charge is 2.28. The van der Waals surface area contributed by atoms with Crippen LogP contribution in [-0.4, -0.2) is 35.8 Å². The molecular weight excluding hydrogens is 448 g/mol. The fourth-order valence-corrected chi connectivity index (χ4v) is 4.57. The van der Waals surface area contributed by atoms with E-state index < -0.39 is 23.3 Å². The third kappa shape index (κ3) is 3.22. The number of benzene rings is 3. The molecule has 5 aromatic rings. The van der Waals surface area contributed by atoms with Gasteiger partial charge in [0.25, 0.3) is 5.56 Å². The molecule has 0 spiro atoms. The Labute approximate surface area is 198 Å². The Morgan fingerprint density at radius 2 is 1.57 bits per heavy atom. The zero-order valence-corrected chi connectivity index (χ0v) is 19.0. The van der Waals surface area contributed by atoms with Gasteiger partial charge in [-0.05, 0) is 31.2 Å². The van der Waals surface area contributed by atoms with Gasteiger partial charge in [0.05, 0.1) is 41.6 Å². The summed E-state index contributed by atoms with van der Waals surface area (Å²) in [5, 5.41) is 1.42. The van der Waals surface area contributed by atoms with E-state index in [-0.39, 0.29) is 39.8 Å². The lowest BCUT2D eigenvalue weighted by molar-refractivity contribution is 0.0528. The van der Waals surface area contributed by atoms with Crippen molar-refractivity contribution in [1.82, 2.24) is 4.40 Å². The van der Waals surface area contributed by atoms with Gasteiger partial charge in [-0.2, -0.15) is 0 Å². The Balaban J connectivity index is 2.06. The number of nitrogens with two attached hydrogens (primary N) is 1. The molecule has 0 radical (unpaired) electrons. The zero-order chi connectivity index (χ0) is 24.9. The minimum atomic E-state index is -0.693. The molecular formula is C27H20N2O6. The van der Waals surface area contributed by atoms with Gasteiger partial charge in [-0.15, -0.1) is 0 Å². The molecule has 0 bridgehead atoms. The van der Waals surface area contributed by atoms with Crippen LogP contribution >= 0.6 is 0 Å². The number of hydrogen-bond donors (Lipinski definition) is 1. The molecule has 5 rings (SSSR count). The van der Waals surface area contributed by atoms with Crippen LogP contribution in [0.1, 0.15) is 43.6 Å². The van der Waals surface area contributed by atoms with Crippen LogP contribution in [0.25, 0.3) is 27.1 Å². The first-order valence-electron chi connectivity index (χ1n) is 10.9. The van der Waals surface area contributed by atoms with E-state index in [1.54, 1.807) is 55.6 Å². The van der Waals surface area contributed by atoms with Gasteiger partial charge < -0.3 is 15.2 Å². The first-order valence-corrected chi connectivity index (χ1v) is 10.9. The molecule has 0 saturated heterocycles. The topological polar surface area (TPSA) is 117 Å². The van der Waals surface area contributed by atoms with Crippen molar-refractivity contribution in [3.63, 3.8) is 0 Å². The summed E-state index contributed by atoms with van der Waals surface area (Å²) in [6, 6.07) is 14.6. The van der Waals surface area contributed by atoms with Crippen LogP contribution in [-0.2, 0) is 9.47 Å². The summed E-state index contributed by atoms with van der Waals surface area (Å²) in [4.78, 5) is 52.9. The molecule has 0 aliphatic rings. The predicted molar refractivity (Wildman–Crippen MR) is 131 cm³/mol. The van der Waals surface area contributed by atoms with E-state index in [1.807, 2.05) is 0 Å². The fraction of sp³-hybridized carbons (Fsp3) is 0.111. The number of nitrogen functional groups attached to an aromatic ring is 1. The predicted octanol–water partition coefficient (Wildman–Crippen LogP) is 3.82. The van der Waals surface area contributed by atoms with Crippen molar-refractivity contribution >= 4 is 50.5 Å². The number of methoxy groups -OCH3 is 1. The smallest absolute Gasteiger partial charge is 0.340 e. The van der Waals surface area contributed by atoms with E-state index in [4.69, 9.17) is 15.2 Å². The van der Waals surface area contributed by atoms with Gasteiger partial charge in [0.2, 0.25) is 0 Å². The Kier molecular flexibility index (Phi) is 5.21. The molecule has 0 saturated carbocycles. The number of carbonyl (C=O) groups is 3. The van der Waals surface area contributed by atoms with Gasteiger partial charge in [-0.3, -0.25) is 14.0 Å². The number of rotatable bonds is 5. The number of ether oxygens (including phenoxy) is 2. The largest absolute Gasteiger partial charge is 0.465 e. The SMILES string of the molecule is CCOC(=O)c1c(N)c2cccn3c(=O)c(C(=O)c4ccccc4)c4cc(C(=O)OC)cc1c4c23. The molecule has 8 nitrogen and oxygen atoms in total. The van der Waals surface area contributed by atoms with Crippen LogP contribution in [0, 0.1) is 0 Å². The lowest BCUT2D eigenvalue weighted by Gasteiger charge is -2.19. The van der Waals surface area contributed by atoms with Gasteiger partial charge in [0, 0.05) is 33.3 Å². The summed E-state index contributed by atoms with van der Waals surface area (Å²) in [7, 11) is 1.22. The third-order valence-electron chi connectivity index (χ3n) is 6.06. The minimum absolute atomic E-state index is 0.0555. The van der Waals surface area contributed by atoms with E-state index in [1.165, 1.54) is 23.6 Å². The summed E-state index contributed by atoms with van der Waals surface area (Å²) >= 11 is 0. The molecule has 2 heterocycles. The number of nitrogens with zero attached hydrogens (tertiary/aromatic N) is 1. The maximum absolute atomic E-state index is 13.7. The van der Waals surface area contributed by atoms with Crippen molar-refractivity contribution in [1.29, 1.82) is 0 Å². The molecule has 0 atom stereocenters. The number of pyridine rings is 2. The number of esters is 2. The molecule has 0 fully saturated rings. The summed E-state index contributed by atoms with van der Waals surface area (Å²) in [5.41, 5.74) is 6.72. The van der Waals surface area contributed by atoms with Crippen molar-refractivity contribution in [2.24, 2.45) is 0 Å². The second kappa shape index (κ2) is 8.25. The van der Waals surface area contributed by atoms with Crippen molar-refractivity contribution in [3.05, 3.63) is 93.4 Å². The molecule has 0 unspecified atom stereocenters. The number of hydrogen-bond acceptors (Lipinski definition) is 7. The molecule has 0 aliphatic carbocycles. The molecule has 3 aromatic carbocycles. The second-order valence-electron chi connectivity index (χ2n) is 7.96. The maximum atomic E-state index is 13.7. The van der Waals surface area contributed by atoms with Crippen LogP contribution in [0.3, 0.4) is 0 Å². The van der Waals surface area contributed by atoms with Gasteiger partial charge in [0.1, 0.15) is 0 Å². The van der Waals surface area contributed by atoms with Crippen molar-refractivity contribution in [3.8, 4) is 0 Å². The quantitative estimate of drug-likeness (QED) is 0.180. The molecule has 2 N–H and O–H groups in total. The molecule has 35 heavy (non-hydrogen) atoms. The van der Waals surface area contributed by atoms with E-state index in [9.17, 15) is 19.2 Å². The lowest BCUT2D eigenvalue weighted by atomic mass is 9.89. The van der Waals surface area contributed by atoms with Crippen LogP contribution in [0.2, 0.25) is 0 Å².